The van der Waals surface area contributed by atoms with E-state index in [1.807, 2.05) is 31.2 Å². The standard InChI is InChI=1S/C22H17BrN2O3/c1-2-27-16-10-7-14(8-11-16)21(26)24-15-9-12-20-19(13-15)25-22(28-20)17-5-3-4-6-18(17)23/h3-13H,2H2,1H3,(H,24,26). The number of oxazole rings is 1. The van der Waals surface area contributed by atoms with Crippen LogP contribution in [0.4, 0.5) is 5.69 Å². The van der Waals surface area contributed by atoms with Crippen molar-refractivity contribution in [3.8, 4) is 17.2 Å². The highest BCUT2D eigenvalue weighted by molar-refractivity contribution is 9.10. The van der Waals surface area contributed by atoms with E-state index in [0.717, 1.165) is 15.8 Å². The van der Waals surface area contributed by atoms with Crippen LogP contribution in [0, 0.1) is 0 Å². The molecule has 4 aromatic rings. The van der Waals surface area contributed by atoms with E-state index in [2.05, 4.69) is 26.2 Å². The Morgan fingerprint density at radius 1 is 1.11 bits per heavy atom. The number of hydrogen-bond acceptors (Lipinski definition) is 4. The molecule has 0 aliphatic heterocycles. The van der Waals surface area contributed by atoms with Crippen LogP contribution in [0.1, 0.15) is 17.3 Å². The summed E-state index contributed by atoms with van der Waals surface area (Å²) >= 11 is 3.51. The molecule has 3 aromatic carbocycles. The van der Waals surface area contributed by atoms with E-state index in [1.165, 1.54) is 0 Å². The molecule has 140 valence electrons. The number of ether oxygens (including phenoxy) is 1. The third-order valence-corrected chi connectivity index (χ3v) is 4.87. The Balaban J connectivity index is 1.56. The van der Waals surface area contributed by atoms with Gasteiger partial charge in [-0.3, -0.25) is 4.79 Å². The van der Waals surface area contributed by atoms with Gasteiger partial charge in [0.05, 0.1) is 12.2 Å². The molecule has 0 aliphatic rings. The molecule has 1 amide bonds. The van der Waals surface area contributed by atoms with Crippen LogP contribution in [0.2, 0.25) is 0 Å². The summed E-state index contributed by atoms with van der Waals surface area (Å²) in [5.74, 6) is 1.07. The van der Waals surface area contributed by atoms with Crippen molar-refractivity contribution in [1.29, 1.82) is 0 Å². The number of carbonyl (C=O) groups is 1. The number of nitrogens with zero attached hydrogens (tertiary/aromatic N) is 1. The predicted octanol–water partition coefficient (Wildman–Crippen LogP) is 5.91. The van der Waals surface area contributed by atoms with Gasteiger partial charge in [-0.05, 0) is 77.5 Å². The zero-order chi connectivity index (χ0) is 19.5. The number of halogens is 1. The molecule has 5 nitrogen and oxygen atoms in total. The van der Waals surface area contributed by atoms with Gasteiger partial charge in [-0.2, -0.15) is 0 Å². The fraction of sp³-hybridized carbons (Fsp3) is 0.0909. The number of rotatable bonds is 5. The zero-order valence-electron chi connectivity index (χ0n) is 15.1. The Morgan fingerprint density at radius 2 is 1.89 bits per heavy atom. The maximum atomic E-state index is 12.5. The van der Waals surface area contributed by atoms with Gasteiger partial charge in [0, 0.05) is 15.7 Å². The van der Waals surface area contributed by atoms with E-state index in [0.29, 0.717) is 34.8 Å². The van der Waals surface area contributed by atoms with Gasteiger partial charge in [-0.1, -0.05) is 12.1 Å². The second kappa shape index (κ2) is 7.86. The first kappa shape index (κ1) is 18.3. The number of benzene rings is 3. The fourth-order valence-corrected chi connectivity index (χ4v) is 3.28. The van der Waals surface area contributed by atoms with Gasteiger partial charge in [0.15, 0.2) is 5.58 Å². The summed E-state index contributed by atoms with van der Waals surface area (Å²) in [6.07, 6.45) is 0. The lowest BCUT2D eigenvalue weighted by Gasteiger charge is -2.06. The van der Waals surface area contributed by atoms with E-state index < -0.39 is 0 Å². The molecule has 4 rings (SSSR count). The second-order valence-corrected chi connectivity index (χ2v) is 6.95. The Morgan fingerprint density at radius 3 is 2.64 bits per heavy atom. The summed E-state index contributed by atoms with van der Waals surface area (Å²) in [7, 11) is 0. The van der Waals surface area contributed by atoms with Gasteiger partial charge in [-0.25, -0.2) is 4.98 Å². The molecule has 0 spiro atoms. The molecule has 0 aliphatic carbocycles. The molecule has 0 atom stereocenters. The van der Waals surface area contributed by atoms with Crippen molar-refractivity contribution in [2.45, 2.75) is 6.92 Å². The van der Waals surface area contributed by atoms with Gasteiger partial charge in [0.1, 0.15) is 11.3 Å². The number of aromatic nitrogens is 1. The Labute approximate surface area is 170 Å². The van der Waals surface area contributed by atoms with Crippen molar-refractivity contribution in [3.63, 3.8) is 0 Å². The Kier molecular flexibility index (Phi) is 5.12. The normalized spacial score (nSPS) is 10.8. The van der Waals surface area contributed by atoms with E-state index in [-0.39, 0.29) is 5.91 Å². The molecular weight excluding hydrogens is 420 g/mol. The molecule has 6 heteroatoms. The van der Waals surface area contributed by atoms with Crippen LogP contribution in [0.5, 0.6) is 5.75 Å². The largest absolute Gasteiger partial charge is 0.494 e. The molecule has 1 N–H and O–H groups in total. The van der Waals surface area contributed by atoms with Gasteiger partial charge < -0.3 is 14.5 Å². The number of nitrogens with one attached hydrogen (secondary N) is 1. The predicted molar refractivity (Wildman–Crippen MR) is 113 cm³/mol. The quantitative estimate of drug-likeness (QED) is 0.422. The zero-order valence-corrected chi connectivity index (χ0v) is 16.7. The van der Waals surface area contributed by atoms with Crippen molar-refractivity contribution in [3.05, 3.63) is 76.8 Å². The van der Waals surface area contributed by atoms with E-state index in [4.69, 9.17) is 9.15 Å². The lowest BCUT2D eigenvalue weighted by molar-refractivity contribution is 0.102. The first-order valence-electron chi connectivity index (χ1n) is 8.84. The van der Waals surface area contributed by atoms with Crippen LogP contribution in [-0.2, 0) is 0 Å². The summed E-state index contributed by atoms with van der Waals surface area (Å²) in [6.45, 7) is 2.51. The molecule has 1 heterocycles. The second-order valence-electron chi connectivity index (χ2n) is 6.09. The minimum Gasteiger partial charge on any atom is -0.494 e. The highest BCUT2D eigenvalue weighted by atomic mass is 79.9. The lowest BCUT2D eigenvalue weighted by Crippen LogP contribution is -2.11. The SMILES string of the molecule is CCOc1ccc(C(=O)Nc2ccc3oc(-c4ccccc4Br)nc3c2)cc1. The molecule has 28 heavy (non-hydrogen) atoms. The van der Waals surface area contributed by atoms with Crippen LogP contribution in [-0.4, -0.2) is 17.5 Å². The van der Waals surface area contributed by atoms with E-state index in [1.54, 1.807) is 42.5 Å². The molecular formula is C22H17BrN2O3. The number of fused-ring (bicyclic) bond motifs is 1. The summed E-state index contributed by atoms with van der Waals surface area (Å²) in [5, 5.41) is 2.89. The number of anilines is 1. The maximum Gasteiger partial charge on any atom is 0.255 e. The minimum absolute atomic E-state index is 0.197. The van der Waals surface area contributed by atoms with Gasteiger partial charge >= 0.3 is 0 Å². The van der Waals surface area contributed by atoms with Crippen LogP contribution in [0.15, 0.2) is 75.6 Å². The average Bonchev–Trinajstić information content (AvgIpc) is 3.12. The molecule has 0 saturated heterocycles. The molecule has 0 bridgehead atoms. The van der Waals surface area contributed by atoms with Crippen molar-refractivity contribution in [2.75, 3.05) is 11.9 Å². The first-order chi connectivity index (χ1) is 13.6. The van der Waals surface area contributed by atoms with Crippen LogP contribution < -0.4 is 10.1 Å². The van der Waals surface area contributed by atoms with Crippen LogP contribution >= 0.6 is 15.9 Å². The van der Waals surface area contributed by atoms with Crippen LogP contribution in [0.25, 0.3) is 22.6 Å². The number of hydrogen-bond donors (Lipinski definition) is 1. The minimum atomic E-state index is -0.197. The first-order valence-corrected chi connectivity index (χ1v) is 9.63. The lowest BCUT2D eigenvalue weighted by atomic mass is 10.2. The summed E-state index contributed by atoms with van der Waals surface area (Å²) in [6, 6.07) is 20.2. The van der Waals surface area contributed by atoms with Crippen molar-refractivity contribution >= 4 is 38.6 Å². The number of amides is 1. The molecule has 1 aromatic heterocycles. The summed E-state index contributed by atoms with van der Waals surface area (Å²) in [5.41, 5.74) is 3.41. The molecule has 0 saturated carbocycles. The molecule has 0 unspecified atom stereocenters. The average molecular weight is 437 g/mol. The van der Waals surface area contributed by atoms with E-state index >= 15 is 0 Å². The highest BCUT2D eigenvalue weighted by Gasteiger charge is 2.12. The van der Waals surface area contributed by atoms with Gasteiger partial charge in [0.2, 0.25) is 5.89 Å². The fourth-order valence-electron chi connectivity index (χ4n) is 2.83. The smallest absolute Gasteiger partial charge is 0.255 e. The van der Waals surface area contributed by atoms with Gasteiger partial charge in [0.25, 0.3) is 5.91 Å². The Hall–Kier alpha value is -3.12. The van der Waals surface area contributed by atoms with E-state index in [9.17, 15) is 4.79 Å². The summed E-state index contributed by atoms with van der Waals surface area (Å²) in [4.78, 5) is 17.0. The van der Waals surface area contributed by atoms with Gasteiger partial charge in [-0.15, -0.1) is 0 Å². The third kappa shape index (κ3) is 3.77. The molecule has 0 radical (unpaired) electrons. The highest BCUT2D eigenvalue weighted by Crippen LogP contribution is 2.31. The van der Waals surface area contributed by atoms with Crippen molar-refractivity contribution in [1.82, 2.24) is 4.98 Å². The van der Waals surface area contributed by atoms with Crippen molar-refractivity contribution < 1.29 is 13.9 Å². The number of carbonyl (C=O) groups excluding carboxylic acids is 1. The topological polar surface area (TPSA) is 64.4 Å². The Bertz CT molecular complexity index is 1140. The third-order valence-electron chi connectivity index (χ3n) is 4.18. The monoisotopic (exact) mass is 436 g/mol. The molecule has 0 fully saturated rings. The summed E-state index contributed by atoms with van der Waals surface area (Å²) < 4.78 is 12.2. The maximum absolute atomic E-state index is 12.5. The van der Waals surface area contributed by atoms with Crippen molar-refractivity contribution in [2.24, 2.45) is 0 Å². The van der Waals surface area contributed by atoms with Crippen LogP contribution in [0.3, 0.4) is 0 Å².